The second kappa shape index (κ2) is 12.3. The van der Waals surface area contributed by atoms with Crippen molar-refractivity contribution in [2.75, 3.05) is 13.6 Å². The van der Waals surface area contributed by atoms with Crippen molar-refractivity contribution in [3.8, 4) is 11.5 Å². The Morgan fingerprint density at radius 1 is 1.11 bits per heavy atom. The number of piperidine rings is 1. The molecular weight excluding hydrogens is 610 g/mol. The Labute approximate surface area is 274 Å². The predicted octanol–water partition coefficient (Wildman–Crippen LogP) is 2.59. The molecule has 4 aliphatic rings. The lowest BCUT2D eigenvalue weighted by atomic mass is 9.50. The number of likely N-dealkylation sites (N-methyl/N-ethyl adjacent to an activating group) is 1. The van der Waals surface area contributed by atoms with Crippen LogP contribution >= 0.6 is 0 Å². The standard InChI is InChI=1S/C34H47N3O10/c1-17(2)15-21(36-31(42)47-32(5,6)7)28(39)35-18(3)29(40)44-19(4)30(41)45-23-11-12-34(43)24-16-20-9-10-22(38)26-25(20)33(34,27(23)46-26)13-14-37(24)8/h9-11,17-19,21,24,27,38,43H,12-16H2,1-8H3,(H,35,39)(H,36,42)/t18-,19?,21-,24+,27-,33-,34+/m0/s1. The van der Waals surface area contributed by atoms with Crippen LogP contribution in [0.2, 0.25) is 0 Å². The van der Waals surface area contributed by atoms with Gasteiger partial charge in [0.1, 0.15) is 23.4 Å². The lowest BCUT2D eigenvalue weighted by Gasteiger charge is -2.61. The van der Waals surface area contributed by atoms with Crippen molar-refractivity contribution in [2.45, 2.75) is 121 Å². The van der Waals surface area contributed by atoms with Crippen LogP contribution in [0.1, 0.15) is 78.9 Å². The fraction of sp³-hybridized carbons (Fsp3) is 0.647. The van der Waals surface area contributed by atoms with E-state index in [2.05, 4.69) is 15.5 Å². The van der Waals surface area contributed by atoms with Crippen molar-refractivity contribution in [3.63, 3.8) is 0 Å². The quantitative estimate of drug-likeness (QED) is 0.227. The Bertz CT molecular complexity index is 1480. The Balaban J connectivity index is 1.25. The molecule has 13 nitrogen and oxygen atoms in total. The number of hydrogen-bond acceptors (Lipinski definition) is 11. The Morgan fingerprint density at radius 2 is 1.81 bits per heavy atom. The van der Waals surface area contributed by atoms with E-state index in [1.54, 1.807) is 32.9 Å². The maximum atomic E-state index is 13.3. The highest BCUT2D eigenvalue weighted by molar-refractivity contribution is 5.90. The lowest BCUT2D eigenvalue weighted by molar-refractivity contribution is -0.176. The van der Waals surface area contributed by atoms with Crippen molar-refractivity contribution in [3.05, 3.63) is 35.1 Å². The van der Waals surface area contributed by atoms with E-state index in [-0.39, 0.29) is 29.9 Å². The molecule has 1 saturated heterocycles. The zero-order chi connectivity index (χ0) is 34.6. The average Bonchev–Trinajstić information content (AvgIpc) is 3.32. The van der Waals surface area contributed by atoms with E-state index in [1.165, 1.54) is 13.8 Å². The molecule has 2 amide bonds. The normalized spacial score (nSPS) is 27.7. The van der Waals surface area contributed by atoms with Gasteiger partial charge < -0.3 is 44.7 Å². The van der Waals surface area contributed by atoms with Gasteiger partial charge in [0.25, 0.3) is 0 Å². The van der Waals surface area contributed by atoms with E-state index in [4.69, 9.17) is 18.9 Å². The highest BCUT2D eigenvalue weighted by Crippen LogP contribution is 2.65. The number of amides is 2. The maximum absolute atomic E-state index is 13.3. The van der Waals surface area contributed by atoms with E-state index >= 15 is 0 Å². The number of nitrogens with zero attached hydrogens (tertiary/aromatic N) is 1. The monoisotopic (exact) mass is 657 g/mol. The molecule has 4 N–H and O–H groups in total. The SMILES string of the molecule is CC(C)C[C@H](NC(=O)OC(C)(C)C)C(=O)N[C@@H](C)C(=O)OC(C)C(=O)OC1=CC[C@@]2(O)[C@H]3Cc4ccc(O)c5c4[C@@]2(CCN3C)[C@H]1O5. The summed E-state index contributed by atoms with van der Waals surface area (Å²) in [5, 5.41) is 28.1. The summed E-state index contributed by atoms with van der Waals surface area (Å²) in [5.74, 6) is -1.87. The molecule has 0 radical (unpaired) electrons. The maximum Gasteiger partial charge on any atom is 0.408 e. The molecule has 258 valence electrons. The summed E-state index contributed by atoms with van der Waals surface area (Å²) in [6, 6.07) is 1.13. The van der Waals surface area contributed by atoms with Gasteiger partial charge in [0.05, 0.1) is 11.0 Å². The first kappa shape index (κ1) is 34.5. The Morgan fingerprint density at radius 3 is 2.47 bits per heavy atom. The fourth-order valence-electron chi connectivity index (χ4n) is 7.49. The molecule has 2 aliphatic heterocycles. The smallest absolute Gasteiger partial charge is 0.408 e. The van der Waals surface area contributed by atoms with Gasteiger partial charge in [-0.3, -0.25) is 4.79 Å². The first-order valence-corrected chi connectivity index (χ1v) is 16.2. The number of carbonyl (C=O) groups excluding carboxylic acids is 4. The van der Waals surface area contributed by atoms with E-state index in [0.717, 1.165) is 11.1 Å². The van der Waals surface area contributed by atoms with E-state index in [1.807, 2.05) is 27.0 Å². The third-order valence-corrected chi connectivity index (χ3v) is 9.62. The Hall–Kier alpha value is -3.84. The minimum absolute atomic E-state index is 0.0450. The number of phenols is 1. The summed E-state index contributed by atoms with van der Waals surface area (Å²) in [4.78, 5) is 53.8. The summed E-state index contributed by atoms with van der Waals surface area (Å²) in [6.45, 7) is 12.3. The molecule has 47 heavy (non-hydrogen) atoms. The van der Waals surface area contributed by atoms with Crippen molar-refractivity contribution in [1.29, 1.82) is 0 Å². The minimum Gasteiger partial charge on any atom is -0.504 e. The summed E-state index contributed by atoms with van der Waals surface area (Å²) < 4.78 is 22.8. The van der Waals surface area contributed by atoms with Crippen LogP contribution < -0.4 is 15.4 Å². The van der Waals surface area contributed by atoms with Crippen LogP contribution in [0.3, 0.4) is 0 Å². The van der Waals surface area contributed by atoms with Crippen molar-refractivity contribution in [2.24, 2.45) is 5.92 Å². The van der Waals surface area contributed by atoms with Gasteiger partial charge in [0.15, 0.2) is 23.7 Å². The van der Waals surface area contributed by atoms with Gasteiger partial charge in [-0.05, 0) is 91.1 Å². The van der Waals surface area contributed by atoms with Crippen LogP contribution in [0, 0.1) is 5.92 Å². The lowest BCUT2D eigenvalue weighted by Crippen LogP contribution is -2.74. The molecule has 1 spiro atoms. The zero-order valence-corrected chi connectivity index (χ0v) is 28.3. The number of phenolic OH excluding ortho intramolecular Hbond substituents is 1. The van der Waals surface area contributed by atoms with Crippen LogP contribution in [0.5, 0.6) is 11.5 Å². The van der Waals surface area contributed by atoms with Crippen LogP contribution in [-0.4, -0.2) is 94.2 Å². The molecule has 0 saturated carbocycles. The van der Waals surface area contributed by atoms with Crippen LogP contribution in [-0.2, 0) is 40.4 Å². The minimum atomic E-state index is -1.35. The number of aliphatic hydroxyl groups is 1. The molecule has 1 unspecified atom stereocenters. The molecule has 1 aromatic carbocycles. The summed E-state index contributed by atoms with van der Waals surface area (Å²) in [7, 11) is 1.98. The first-order chi connectivity index (χ1) is 21.9. The number of hydrogen-bond donors (Lipinski definition) is 4. The van der Waals surface area contributed by atoms with E-state index < -0.39 is 64.8 Å². The summed E-state index contributed by atoms with van der Waals surface area (Å²) >= 11 is 0. The number of ether oxygens (including phenoxy) is 4. The number of likely N-dealkylation sites (tertiary alicyclic amines) is 1. The number of nitrogens with one attached hydrogen (secondary N) is 2. The molecule has 1 aromatic rings. The first-order valence-electron chi connectivity index (χ1n) is 16.2. The van der Waals surface area contributed by atoms with Gasteiger partial charge in [0.2, 0.25) is 5.91 Å². The second-order valence-electron chi connectivity index (χ2n) is 14.7. The van der Waals surface area contributed by atoms with Crippen LogP contribution in [0.4, 0.5) is 4.79 Å². The molecule has 7 atom stereocenters. The van der Waals surface area contributed by atoms with Crippen molar-refractivity contribution < 1.29 is 48.3 Å². The molecule has 5 rings (SSSR count). The second-order valence-corrected chi connectivity index (χ2v) is 14.7. The summed E-state index contributed by atoms with van der Waals surface area (Å²) in [6.07, 6.45) is 0.261. The molecule has 1 fully saturated rings. The largest absolute Gasteiger partial charge is 0.504 e. The van der Waals surface area contributed by atoms with Crippen LogP contribution in [0.15, 0.2) is 24.0 Å². The number of esters is 2. The van der Waals surface area contributed by atoms with Gasteiger partial charge >= 0.3 is 18.0 Å². The number of benzene rings is 1. The molecular formula is C34H47N3O10. The van der Waals surface area contributed by atoms with Gasteiger partial charge in [-0.15, -0.1) is 0 Å². The number of carbonyl (C=O) groups is 4. The molecule has 0 aromatic heterocycles. The molecule has 13 heteroatoms. The molecule has 2 heterocycles. The summed E-state index contributed by atoms with van der Waals surface area (Å²) in [5.41, 5.74) is -1.18. The van der Waals surface area contributed by atoms with Crippen LogP contribution in [0.25, 0.3) is 0 Å². The van der Waals surface area contributed by atoms with Crippen molar-refractivity contribution >= 4 is 23.9 Å². The van der Waals surface area contributed by atoms with Gasteiger partial charge in [-0.2, -0.15) is 0 Å². The predicted molar refractivity (Wildman–Crippen MR) is 168 cm³/mol. The molecule has 2 bridgehead atoms. The number of alkyl carbamates (subject to hydrolysis) is 1. The zero-order valence-electron chi connectivity index (χ0n) is 28.3. The highest BCUT2D eigenvalue weighted by atomic mass is 16.6. The van der Waals surface area contributed by atoms with Gasteiger partial charge in [-0.1, -0.05) is 19.9 Å². The van der Waals surface area contributed by atoms with E-state index in [0.29, 0.717) is 31.6 Å². The molecule has 2 aliphatic carbocycles. The van der Waals surface area contributed by atoms with Crippen molar-refractivity contribution in [1.82, 2.24) is 15.5 Å². The number of rotatable bonds is 9. The van der Waals surface area contributed by atoms with E-state index in [9.17, 15) is 29.4 Å². The number of aromatic hydroxyl groups is 1. The topological polar surface area (TPSA) is 173 Å². The average molecular weight is 658 g/mol. The fourth-order valence-corrected chi connectivity index (χ4v) is 7.49. The van der Waals surface area contributed by atoms with Gasteiger partial charge in [0, 0.05) is 18.0 Å². The third-order valence-electron chi connectivity index (χ3n) is 9.62. The Kier molecular flexibility index (Phi) is 9.04. The third kappa shape index (κ3) is 6.15. The van der Waals surface area contributed by atoms with Gasteiger partial charge in [-0.25, -0.2) is 14.4 Å². The highest BCUT2D eigenvalue weighted by Gasteiger charge is 2.72.